The zero-order valence-corrected chi connectivity index (χ0v) is 11.2. The van der Waals surface area contributed by atoms with E-state index in [0.717, 1.165) is 32.0 Å². The van der Waals surface area contributed by atoms with Crippen LogP contribution in [0.4, 0.5) is 4.39 Å². The number of ether oxygens (including phenoxy) is 1. The van der Waals surface area contributed by atoms with Crippen LogP contribution in [0.3, 0.4) is 0 Å². The van der Waals surface area contributed by atoms with E-state index in [-0.39, 0.29) is 23.6 Å². The second kappa shape index (κ2) is 6.73. The van der Waals surface area contributed by atoms with E-state index in [1.54, 1.807) is 0 Å². The maximum atomic E-state index is 12.8. The van der Waals surface area contributed by atoms with Crippen molar-refractivity contribution in [1.82, 2.24) is 10.6 Å². The summed E-state index contributed by atoms with van der Waals surface area (Å²) in [5, 5.41) is 6.25. The molecule has 1 fully saturated rings. The van der Waals surface area contributed by atoms with Crippen molar-refractivity contribution < 1.29 is 13.9 Å². The first-order valence-electron chi connectivity index (χ1n) is 6.23. The smallest absolute Gasteiger partial charge is 0.258 e. The number of amides is 1. The molecule has 1 saturated heterocycles. The van der Waals surface area contributed by atoms with E-state index in [1.807, 2.05) is 0 Å². The zero-order chi connectivity index (χ0) is 13.7. The summed E-state index contributed by atoms with van der Waals surface area (Å²) in [6, 6.07) is 3.95. The molecule has 0 aromatic heterocycles. The molecule has 4 nitrogen and oxygen atoms in total. The summed E-state index contributed by atoms with van der Waals surface area (Å²) in [7, 11) is 0. The number of hydrogen-bond donors (Lipinski definition) is 2. The largest absolute Gasteiger partial charge is 0.482 e. The lowest BCUT2D eigenvalue weighted by atomic mass is 10.1. The highest BCUT2D eigenvalue weighted by molar-refractivity contribution is 6.32. The first-order chi connectivity index (χ1) is 9.15. The van der Waals surface area contributed by atoms with Gasteiger partial charge < -0.3 is 15.4 Å². The molecule has 0 aliphatic carbocycles. The molecule has 0 unspecified atom stereocenters. The van der Waals surface area contributed by atoms with Crippen LogP contribution in [-0.4, -0.2) is 31.6 Å². The minimum absolute atomic E-state index is 0.123. The van der Waals surface area contributed by atoms with Crippen LogP contribution < -0.4 is 15.4 Å². The molecule has 1 aliphatic heterocycles. The van der Waals surface area contributed by atoms with Gasteiger partial charge in [-0.1, -0.05) is 11.6 Å². The molecule has 2 N–H and O–H groups in total. The van der Waals surface area contributed by atoms with Gasteiger partial charge in [0.05, 0.1) is 5.02 Å². The fourth-order valence-corrected chi connectivity index (χ4v) is 2.20. The van der Waals surface area contributed by atoms with Gasteiger partial charge in [0.25, 0.3) is 5.91 Å². The van der Waals surface area contributed by atoms with Crippen LogP contribution in [0.15, 0.2) is 18.2 Å². The molecule has 1 heterocycles. The predicted octanol–water partition coefficient (Wildman–Crippen LogP) is 1.73. The topological polar surface area (TPSA) is 50.4 Å². The fraction of sp³-hybridized carbons (Fsp3) is 0.462. The third-order valence-electron chi connectivity index (χ3n) is 2.91. The third kappa shape index (κ3) is 4.36. The van der Waals surface area contributed by atoms with Crippen LogP contribution >= 0.6 is 11.6 Å². The van der Waals surface area contributed by atoms with E-state index in [2.05, 4.69) is 10.6 Å². The molecule has 104 valence electrons. The minimum atomic E-state index is -0.435. The lowest BCUT2D eigenvalue weighted by molar-refractivity contribution is -0.123. The van der Waals surface area contributed by atoms with Crippen LogP contribution in [0, 0.1) is 5.82 Å². The van der Waals surface area contributed by atoms with Crippen molar-refractivity contribution in [2.75, 3.05) is 19.7 Å². The number of hydrogen-bond acceptors (Lipinski definition) is 3. The number of piperidine rings is 1. The number of carbonyl (C=O) groups excluding carboxylic acids is 1. The summed E-state index contributed by atoms with van der Waals surface area (Å²) in [5.74, 6) is -0.329. The Bertz CT molecular complexity index is 450. The number of rotatable bonds is 4. The molecule has 0 radical (unpaired) electrons. The van der Waals surface area contributed by atoms with Crippen LogP contribution in [0.1, 0.15) is 12.8 Å². The summed E-state index contributed by atoms with van der Waals surface area (Å²) in [6.45, 7) is 1.65. The molecule has 0 bridgehead atoms. The maximum absolute atomic E-state index is 12.8. The van der Waals surface area contributed by atoms with Crippen molar-refractivity contribution in [3.8, 4) is 5.75 Å². The Balaban J connectivity index is 1.79. The van der Waals surface area contributed by atoms with Crippen molar-refractivity contribution in [1.29, 1.82) is 0 Å². The Morgan fingerprint density at radius 1 is 1.58 bits per heavy atom. The second-order valence-electron chi connectivity index (χ2n) is 4.47. The van der Waals surface area contributed by atoms with Crippen LogP contribution in [0.2, 0.25) is 5.02 Å². The van der Waals surface area contributed by atoms with Crippen molar-refractivity contribution in [2.24, 2.45) is 0 Å². The number of benzene rings is 1. The van der Waals surface area contributed by atoms with E-state index in [0.29, 0.717) is 5.75 Å². The summed E-state index contributed by atoms with van der Waals surface area (Å²) in [4.78, 5) is 11.7. The molecule has 6 heteroatoms. The highest BCUT2D eigenvalue weighted by Gasteiger charge is 2.15. The van der Waals surface area contributed by atoms with E-state index in [9.17, 15) is 9.18 Å². The summed E-state index contributed by atoms with van der Waals surface area (Å²) < 4.78 is 18.1. The Hall–Kier alpha value is -1.33. The highest BCUT2D eigenvalue weighted by Crippen LogP contribution is 2.24. The third-order valence-corrected chi connectivity index (χ3v) is 3.21. The van der Waals surface area contributed by atoms with Crippen molar-refractivity contribution >= 4 is 17.5 Å². The molecule has 1 aromatic carbocycles. The van der Waals surface area contributed by atoms with Gasteiger partial charge in [0.15, 0.2) is 6.61 Å². The Morgan fingerprint density at radius 2 is 2.42 bits per heavy atom. The number of nitrogens with one attached hydrogen (secondary N) is 2. The normalized spacial score (nSPS) is 18.9. The maximum Gasteiger partial charge on any atom is 0.258 e. The lowest BCUT2D eigenvalue weighted by Gasteiger charge is -2.23. The first-order valence-corrected chi connectivity index (χ1v) is 6.61. The Kier molecular flexibility index (Phi) is 4.99. The standard InChI is InChI=1S/C13H16ClFN2O2/c14-11-6-9(15)3-4-12(11)19-8-13(18)17-10-2-1-5-16-7-10/h3-4,6,10,16H,1-2,5,7-8H2,(H,17,18)/t10-/m0/s1. The van der Waals surface area contributed by atoms with Crippen LogP contribution in [0.25, 0.3) is 0 Å². The van der Waals surface area contributed by atoms with Gasteiger partial charge in [0.1, 0.15) is 11.6 Å². The summed E-state index contributed by atoms with van der Waals surface area (Å²) in [6.07, 6.45) is 2.02. The van der Waals surface area contributed by atoms with Gasteiger partial charge in [-0.15, -0.1) is 0 Å². The molecule has 1 atom stereocenters. The minimum Gasteiger partial charge on any atom is -0.482 e. The predicted molar refractivity (Wildman–Crippen MR) is 70.9 cm³/mol. The lowest BCUT2D eigenvalue weighted by Crippen LogP contribution is -2.47. The van der Waals surface area contributed by atoms with E-state index in [1.165, 1.54) is 12.1 Å². The summed E-state index contributed by atoms with van der Waals surface area (Å²) in [5.41, 5.74) is 0. The highest BCUT2D eigenvalue weighted by atomic mass is 35.5. The van der Waals surface area contributed by atoms with Crippen LogP contribution in [0.5, 0.6) is 5.75 Å². The number of halogens is 2. The summed E-state index contributed by atoms with van der Waals surface area (Å²) >= 11 is 5.80. The molecular weight excluding hydrogens is 271 g/mol. The molecule has 19 heavy (non-hydrogen) atoms. The molecule has 0 spiro atoms. The van der Waals surface area contributed by atoms with Crippen molar-refractivity contribution in [3.63, 3.8) is 0 Å². The van der Waals surface area contributed by atoms with Gasteiger partial charge in [-0.25, -0.2) is 4.39 Å². The number of carbonyl (C=O) groups is 1. The van der Waals surface area contributed by atoms with Crippen molar-refractivity contribution in [2.45, 2.75) is 18.9 Å². The molecule has 1 amide bonds. The average molecular weight is 287 g/mol. The average Bonchev–Trinajstić information content (AvgIpc) is 2.39. The molecule has 1 aromatic rings. The van der Waals surface area contributed by atoms with E-state index >= 15 is 0 Å². The Morgan fingerprint density at radius 3 is 3.11 bits per heavy atom. The van der Waals surface area contributed by atoms with Crippen LogP contribution in [-0.2, 0) is 4.79 Å². The van der Waals surface area contributed by atoms with Gasteiger partial charge in [-0.3, -0.25) is 4.79 Å². The molecule has 2 rings (SSSR count). The first kappa shape index (κ1) is 14.1. The second-order valence-corrected chi connectivity index (χ2v) is 4.88. The Labute approximate surface area is 116 Å². The quantitative estimate of drug-likeness (QED) is 0.886. The van der Waals surface area contributed by atoms with E-state index in [4.69, 9.17) is 16.3 Å². The van der Waals surface area contributed by atoms with Gasteiger partial charge in [-0.2, -0.15) is 0 Å². The molecule has 1 aliphatic rings. The van der Waals surface area contributed by atoms with Gasteiger partial charge in [0.2, 0.25) is 0 Å². The molecular formula is C13H16ClFN2O2. The van der Waals surface area contributed by atoms with Gasteiger partial charge in [-0.05, 0) is 37.6 Å². The SMILES string of the molecule is O=C(COc1ccc(F)cc1Cl)N[C@H]1CCCNC1. The zero-order valence-electron chi connectivity index (χ0n) is 10.4. The van der Waals surface area contributed by atoms with Gasteiger partial charge in [0, 0.05) is 12.6 Å². The fourth-order valence-electron chi connectivity index (χ4n) is 1.98. The monoisotopic (exact) mass is 286 g/mol. The molecule has 0 saturated carbocycles. The van der Waals surface area contributed by atoms with Gasteiger partial charge >= 0.3 is 0 Å². The van der Waals surface area contributed by atoms with E-state index < -0.39 is 5.82 Å². The van der Waals surface area contributed by atoms with Crippen molar-refractivity contribution in [3.05, 3.63) is 29.0 Å².